The van der Waals surface area contributed by atoms with Crippen molar-refractivity contribution in [3.8, 4) is 11.4 Å². The molecule has 1 amide bonds. The molecule has 29 heavy (non-hydrogen) atoms. The number of hydrogen-bond acceptors (Lipinski definition) is 5. The minimum absolute atomic E-state index is 0.131. The van der Waals surface area contributed by atoms with Gasteiger partial charge in [-0.2, -0.15) is 9.78 Å². The van der Waals surface area contributed by atoms with Gasteiger partial charge in [-0.25, -0.2) is 4.98 Å². The summed E-state index contributed by atoms with van der Waals surface area (Å²) in [6, 6.07) is 19.2. The summed E-state index contributed by atoms with van der Waals surface area (Å²) in [4.78, 5) is 30.3. The summed E-state index contributed by atoms with van der Waals surface area (Å²) in [5.74, 6) is 0.551. The molecule has 7 nitrogen and oxygen atoms in total. The summed E-state index contributed by atoms with van der Waals surface area (Å²) in [5.41, 5.74) is 1.09. The van der Waals surface area contributed by atoms with Crippen molar-refractivity contribution in [1.29, 1.82) is 0 Å². The minimum Gasteiger partial charge on any atom is -0.497 e. The second kappa shape index (κ2) is 7.55. The number of carbonyl (C=O) groups is 1. The van der Waals surface area contributed by atoms with Gasteiger partial charge in [0.2, 0.25) is 0 Å². The predicted octanol–water partition coefficient (Wildman–Crippen LogP) is 3.35. The number of rotatable bonds is 4. The fraction of sp³-hybridized carbons (Fsp3) is 0.0909. The monoisotopic (exact) mass is 386 g/mol. The quantitative estimate of drug-likeness (QED) is 0.581. The Balaban J connectivity index is 1.88. The van der Waals surface area contributed by atoms with Crippen molar-refractivity contribution in [2.75, 3.05) is 12.4 Å². The summed E-state index contributed by atoms with van der Waals surface area (Å²) < 4.78 is 6.45. The number of aryl methyl sites for hydroxylation is 1. The third-order valence-electron chi connectivity index (χ3n) is 4.45. The van der Waals surface area contributed by atoms with E-state index in [9.17, 15) is 9.59 Å². The van der Waals surface area contributed by atoms with Gasteiger partial charge in [-0.3, -0.25) is 9.59 Å². The molecule has 0 saturated carbocycles. The van der Waals surface area contributed by atoms with Gasteiger partial charge in [0, 0.05) is 17.1 Å². The van der Waals surface area contributed by atoms with E-state index in [4.69, 9.17) is 4.74 Å². The van der Waals surface area contributed by atoms with Crippen LogP contribution in [0, 0.1) is 6.92 Å². The maximum atomic E-state index is 13.0. The van der Waals surface area contributed by atoms with Crippen LogP contribution in [0.15, 0.2) is 71.5 Å². The van der Waals surface area contributed by atoms with E-state index < -0.39 is 5.91 Å². The first-order valence-electron chi connectivity index (χ1n) is 8.98. The molecule has 0 aliphatic rings. The smallest absolute Gasteiger partial charge is 0.279 e. The van der Waals surface area contributed by atoms with Crippen LogP contribution in [-0.2, 0) is 0 Å². The Kier molecular flexibility index (Phi) is 4.78. The van der Waals surface area contributed by atoms with Crippen LogP contribution >= 0.6 is 0 Å². The highest BCUT2D eigenvalue weighted by molar-refractivity contribution is 6.10. The molecule has 0 unspecified atom stereocenters. The number of pyridine rings is 1. The van der Waals surface area contributed by atoms with Crippen molar-refractivity contribution in [3.63, 3.8) is 0 Å². The topological polar surface area (TPSA) is 86.1 Å². The lowest BCUT2D eigenvalue weighted by Gasteiger charge is -2.12. The maximum absolute atomic E-state index is 13.0. The lowest BCUT2D eigenvalue weighted by molar-refractivity contribution is 0.102. The number of nitrogens with zero attached hydrogens (tertiary/aromatic N) is 3. The summed E-state index contributed by atoms with van der Waals surface area (Å²) in [6.07, 6.45) is 0. The first-order chi connectivity index (χ1) is 14.1. The summed E-state index contributed by atoms with van der Waals surface area (Å²) in [7, 11) is 1.55. The number of aromatic nitrogens is 3. The van der Waals surface area contributed by atoms with Gasteiger partial charge in [0.25, 0.3) is 11.5 Å². The number of hydrogen-bond donors (Lipinski definition) is 1. The van der Waals surface area contributed by atoms with Gasteiger partial charge in [0.15, 0.2) is 5.69 Å². The van der Waals surface area contributed by atoms with Crippen LogP contribution in [0.2, 0.25) is 0 Å². The van der Waals surface area contributed by atoms with E-state index in [-0.39, 0.29) is 11.3 Å². The van der Waals surface area contributed by atoms with Crippen LogP contribution in [0.5, 0.6) is 5.75 Å². The minimum atomic E-state index is -0.448. The van der Waals surface area contributed by atoms with Gasteiger partial charge in [-0.05, 0) is 37.3 Å². The molecule has 0 aliphatic heterocycles. The third-order valence-corrected chi connectivity index (χ3v) is 4.45. The van der Waals surface area contributed by atoms with Crippen LogP contribution in [0.1, 0.15) is 16.2 Å². The average molecular weight is 386 g/mol. The largest absolute Gasteiger partial charge is 0.497 e. The van der Waals surface area contributed by atoms with Crippen LogP contribution < -0.4 is 15.6 Å². The molecule has 0 atom stereocenters. The van der Waals surface area contributed by atoms with E-state index in [1.54, 1.807) is 67.8 Å². The molecule has 2 aromatic heterocycles. The first-order valence-corrected chi connectivity index (χ1v) is 8.98. The van der Waals surface area contributed by atoms with Gasteiger partial charge in [-0.15, -0.1) is 0 Å². The van der Waals surface area contributed by atoms with Gasteiger partial charge in [0.1, 0.15) is 11.6 Å². The zero-order valence-electron chi connectivity index (χ0n) is 15.9. The maximum Gasteiger partial charge on any atom is 0.279 e. The highest BCUT2D eigenvalue weighted by atomic mass is 16.5. The molecule has 7 heteroatoms. The molecule has 0 radical (unpaired) electrons. The molecular formula is C22H18N4O3. The number of ether oxygens (including phenoxy) is 1. The van der Waals surface area contributed by atoms with E-state index >= 15 is 0 Å². The van der Waals surface area contributed by atoms with Crippen LogP contribution in [0.25, 0.3) is 16.5 Å². The molecule has 0 saturated heterocycles. The van der Waals surface area contributed by atoms with Crippen molar-refractivity contribution in [3.05, 3.63) is 88.5 Å². The molecule has 1 N–H and O–H groups in total. The Bertz CT molecular complexity index is 1280. The van der Waals surface area contributed by atoms with Crippen molar-refractivity contribution in [2.24, 2.45) is 0 Å². The summed E-state index contributed by atoms with van der Waals surface area (Å²) in [5, 5.41) is 8.00. The average Bonchev–Trinajstić information content (AvgIpc) is 2.74. The Morgan fingerprint density at radius 2 is 1.76 bits per heavy atom. The van der Waals surface area contributed by atoms with E-state index in [2.05, 4.69) is 15.4 Å². The van der Waals surface area contributed by atoms with Crippen LogP contribution in [0.3, 0.4) is 0 Å². The highest BCUT2D eigenvalue weighted by Gasteiger charge is 2.18. The van der Waals surface area contributed by atoms with E-state index in [0.717, 1.165) is 5.69 Å². The standard InChI is InChI=1S/C22H18N4O3/c1-14-7-5-12-19(23-14)24-21(27)20-17-10-3-4-11-18(17)22(28)26(25-20)15-8-6-9-16(13-15)29-2/h3-13H,1-2H3,(H,23,24,27). The molecular weight excluding hydrogens is 368 g/mol. The molecule has 0 aliphatic carbocycles. The number of carbonyl (C=O) groups excluding carboxylic acids is 1. The van der Waals surface area contributed by atoms with Crippen molar-refractivity contribution >= 4 is 22.5 Å². The highest BCUT2D eigenvalue weighted by Crippen LogP contribution is 2.19. The van der Waals surface area contributed by atoms with Gasteiger partial charge < -0.3 is 10.1 Å². The molecule has 2 heterocycles. The Morgan fingerprint density at radius 3 is 2.52 bits per heavy atom. The Morgan fingerprint density at radius 1 is 1.00 bits per heavy atom. The molecule has 4 rings (SSSR count). The summed E-state index contributed by atoms with van der Waals surface area (Å²) in [6.45, 7) is 1.84. The normalized spacial score (nSPS) is 10.7. The molecule has 0 fully saturated rings. The molecule has 0 bridgehead atoms. The zero-order chi connectivity index (χ0) is 20.4. The van der Waals surface area contributed by atoms with Crippen molar-refractivity contribution in [1.82, 2.24) is 14.8 Å². The molecule has 2 aromatic carbocycles. The fourth-order valence-electron chi connectivity index (χ4n) is 3.06. The lowest BCUT2D eigenvalue weighted by atomic mass is 10.1. The molecule has 4 aromatic rings. The van der Waals surface area contributed by atoms with Gasteiger partial charge in [0.05, 0.1) is 18.2 Å². The Labute approximate surface area is 166 Å². The van der Waals surface area contributed by atoms with Crippen molar-refractivity contribution in [2.45, 2.75) is 6.92 Å². The SMILES string of the molecule is COc1cccc(-n2nc(C(=O)Nc3cccc(C)n3)c3ccccc3c2=O)c1. The first kappa shape index (κ1) is 18.4. The van der Waals surface area contributed by atoms with Crippen molar-refractivity contribution < 1.29 is 9.53 Å². The second-order valence-corrected chi connectivity index (χ2v) is 6.43. The number of methoxy groups -OCH3 is 1. The number of anilines is 1. The summed E-state index contributed by atoms with van der Waals surface area (Å²) >= 11 is 0. The molecule has 144 valence electrons. The van der Waals surface area contributed by atoms with E-state index in [1.807, 2.05) is 13.0 Å². The number of nitrogens with one attached hydrogen (secondary N) is 1. The number of amides is 1. The lowest BCUT2D eigenvalue weighted by Crippen LogP contribution is -2.26. The second-order valence-electron chi connectivity index (χ2n) is 6.43. The van der Waals surface area contributed by atoms with Gasteiger partial charge >= 0.3 is 0 Å². The van der Waals surface area contributed by atoms with Crippen LogP contribution in [-0.4, -0.2) is 27.8 Å². The Hall–Kier alpha value is -4.00. The predicted molar refractivity (Wildman–Crippen MR) is 111 cm³/mol. The van der Waals surface area contributed by atoms with E-state index in [0.29, 0.717) is 28.0 Å². The third kappa shape index (κ3) is 3.58. The van der Waals surface area contributed by atoms with E-state index in [1.165, 1.54) is 4.68 Å². The number of benzene rings is 2. The zero-order valence-corrected chi connectivity index (χ0v) is 15.9. The van der Waals surface area contributed by atoms with Gasteiger partial charge in [-0.1, -0.05) is 30.3 Å². The molecule has 0 spiro atoms. The number of fused-ring (bicyclic) bond motifs is 1. The van der Waals surface area contributed by atoms with Crippen LogP contribution in [0.4, 0.5) is 5.82 Å². The fourth-order valence-corrected chi connectivity index (χ4v) is 3.06.